The number of hydrogen-bond donors (Lipinski definition) is 1. The molecule has 0 aliphatic carbocycles. The van der Waals surface area contributed by atoms with Crippen molar-refractivity contribution < 1.29 is 9.13 Å². The van der Waals surface area contributed by atoms with Crippen LogP contribution in [-0.2, 0) is 17.8 Å². The molecule has 7 heteroatoms. The highest BCUT2D eigenvalue weighted by Crippen LogP contribution is 2.24. The van der Waals surface area contributed by atoms with Crippen LogP contribution in [0.2, 0.25) is 0 Å². The summed E-state index contributed by atoms with van der Waals surface area (Å²) in [5.74, 6) is -0.214. The number of benzene rings is 2. The van der Waals surface area contributed by atoms with E-state index in [1.54, 1.807) is 6.20 Å². The summed E-state index contributed by atoms with van der Waals surface area (Å²) in [7, 11) is 0. The Balaban J connectivity index is 1.34. The number of rotatable bonds is 9. The molecule has 35 heavy (non-hydrogen) atoms. The van der Waals surface area contributed by atoms with E-state index in [4.69, 9.17) is 9.84 Å². The van der Waals surface area contributed by atoms with Crippen molar-refractivity contribution in [2.24, 2.45) is 0 Å². The summed E-state index contributed by atoms with van der Waals surface area (Å²) in [5, 5.41) is 8.55. The molecule has 1 aliphatic rings. The second kappa shape index (κ2) is 11.4. The Morgan fingerprint density at radius 2 is 1.77 bits per heavy atom. The topological polar surface area (TPSA) is 55.2 Å². The summed E-state index contributed by atoms with van der Waals surface area (Å²) >= 11 is 0. The molecule has 2 aromatic carbocycles. The summed E-state index contributed by atoms with van der Waals surface area (Å²) in [6.45, 7) is 5.27. The molecular formula is C28H30FN5O. The van der Waals surface area contributed by atoms with Crippen LogP contribution in [0.5, 0.6) is 0 Å². The maximum atomic E-state index is 13.6. The van der Waals surface area contributed by atoms with Crippen LogP contribution < -0.4 is 5.32 Å². The van der Waals surface area contributed by atoms with Crippen LogP contribution in [0.25, 0.3) is 11.3 Å². The Hall–Kier alpha value is -3.39. The monoisotopic (exact) mass is 471 g/mol. The van der Waals surface area contributed by atoms with Crippen LogP contribution in [-0.4, -0.2) is 52.5 Å². The van der Waals surface area contributed by atoms with Gasteiger partial charge in [0, 0.05) is 61.9 Å². The number of morpholine rings is 1. The van der Waals surface area contributed by atoms with Gasteiger partial charge in [0.15, 0.2) is 0 Å². The zero-order chi connectivity index (χ0) is 23.9. The van der Waals surface area contributed by atoms with E-state index in [0.29, 0.717) is 13.1 Å². The Kier molecular flexibility index (Phi) is 7.58. The van der Waals surface area contributed by atoms with Crippen molar-refractivity contribution >= 4 is 0 Å². The number of pyridine rings is 1. The maximum absolute atomic E-state index is 13.6. The number of ether oxygens (including phenoxy) is 1. The summed E-state index contributed by atoms with van der Waals surface area (Å²) in [5.41, 5.74) is 5.36. The summed E-state index contributed by atoms with van der Waals surface area (Å²) in [6.07, 6.45) is 5.75. The molecule has 3 heterocycles. The molecule has 0 spiro atoms. The van der Waals surface area contributed by atoms with Gasteiger partial charge in [-0.05, 0) is 35.4 Å². The minimum Gasteiger partial charge on any atom is -0.379 e. The quantitative estimate of drug-likeness (QED) is 0.395. The molecule has 0 amide bonds. The zero-order valence-corrected chi connectivity index (χ0v) is 19.7. The minimum absolute atomic E-state index is 0.140. The van der Waals surface area contributed by atoms with Crippen LogP contribution in [0, 0.1) is 5.82 Å². The van der Waals surface area contributed by atoms with Gasteiger partial charge >= 0.3 is 0 Å². The number of nitrogens with zero attached hydrogens (tertiary/aromatic N) is 4. The van der Waals surface area contributed by atoms with E-state index in [9.17, 15) is 4.39 Å². The highest BCUT2D eigenvalue weighted by atomic mass is 19.1. The van der Waals surface area contributed by atoms with Gasteiger partial charge in [0.2, 0.25) is 0 Å². The van der Waals surface area contributed by atoms with Gasteiger partial charge in [-0.15, -0.1) is 0 Å². The number of hydrogen-bond acceptors (Lipinski definition) is 5. The molecule has 0 bridgehead atoms. The minimum atomic E-state index is -0.214. The summed E-state index contributed by atoms with van der Waals surface area (Å²) in [4.78, 5) is 6.70. The Bertz CT molecular complexity index is 1190. The molecule has 1 saturated heterocycles. The first kappa shape index (κ1) is 23.4. The molecule has 0 radical (unpaired) electrons. The molecule has 1 atom stereocenters. The third-order valence-electron chi connectivity index (χ3n) is 6.35. The van der Waals surface area contributed by atoms with Gasteiger partial charge in [-0.25, -0.2) is 4.39 Å². The summed E-state index contributed by atoms with van der Waals surface area (Å²) in [6, 6.07) is 21.3. The Labute approximate surface area is 205 Å². The fourth-order valence-corrected chi connectivity index (χ4v) is 4.56. The van der Waals surface area contributed by atoms with E-state index in [1.165, 1.54) is 17.7 Å². The molecule has 2 aromatic heterocycles. The van der Waals surface area contributed by atoms with Crippen LogP contribution in [0.4, 0.5) is 4.39 Å². The van der Waals surface area contributed by atoms with Crippen molar-refractivity contribution in [1.82, 2.24) is 25.0 Å². The SMILES string of the molecule is Fc1ccc(C(CNCc2cn(Cc3ccccc3)nc2-c2cccnc2)N2CCOCC2)cc1. The largest absolute Gasteiger partial charge is 0.379 e. The second-order valence-corrected chi connectivity index (χ2v) is 8.77. The number of aromatic nitrogens is 3. The van der Waals surface area contributed by atoms with E-state index in [2.05, 4.69) is 33.5 Å². The molecular weight excluding hydrogens is 441 g/mol. The van der Waals surface area contributed by atoms with Crippen LogP contribution >= 0.6 is 0 Å². The molecule has 5 rings (SSSR count). The lowest BCUT2D eigenvalue weighted by molar-refractivity contribution is 0.0161. The number of halogens is 1. The third-order valence-corrected chi connectivity index (χ3v) is 6.35. The standard InChI is InChI=1S/C28H30FN5O/c29-26-10-8-23(9-11-26)27(33-13-15-35-16-14-33)19-31-18-25-21-34(20-22-5-2-1-3-6-22)32-28(25)24-7-4-12-30-17-24/h1-12,17,21,27,31H,13-16,18-20H2. The van der Waals surface area contributed by atoms with E-state index >= 15 is 0 Å². The number of nitrogens with one attached hydrogen (secondary N) is 1. The molecule has 1 aliphatic heterocycles. The van der Waals surface area contributed by atoms with Crippen molar-refractivity contribution in [3.63, 3.8) is 0 Å². The first-order valence-electron chi connectivity index (χ1n) is 12.0. The van der Waals surface area contributed by atoms with Gasteiger partial charge in [-0.3, -0.25) is 14.6 Å². The van der Waals surface area contributed by atoms with Crippen molar-refractivity contribution in [3.05, 3.63) is 108 Å². The maximum Gasteiger partial charge on any atom is 0.123 e. The van der Waals surface area contributed by atoms with Gasteiger partial charge in [0.25, 0.3) is 0 Å². The first-order valence-corrected chi connectivity index (χ1v) is 12.0. The fourth-order valence-electron chi connectivity index (χ4n) is 4.56. The lowest BCUT2D eigenvalue weighted by atomic mass is 10.0. The fraction of sp³-hybridized carbons (Fsp3) is 0.286. The van der Waals surface area contributed by atoms with Crippen LogP contribution in [0.3, 0.4) is 0 Å². The molecule has 6 nitrogen and oxygen atoms in total. The molecule has 0 saturated carbocycles. The van der Waals surface area contributed by atoms with E-state index in [0.717, 1.165) is 55.2 Å². The van der Waals surface area contributed by atoms with Gasteiger partial charge in [0.1, 0.15) is 5.82 Å². The molecule has 180 valence electrons. The first-order chi connectivity index (χ1) is 17.3. The zero-order valence-electron chi connectivity index (χ0n) is 19.7. The van der Waals surface area contributed by atoms with E-state index in [1.807, 2.05) is 53.3 Å². The predicted octanol–water partition coefficient (Wildman–Crippen LogP) is 4.30. The average molecular weight is 472 g/mol. The molecule has 1 N–H and O–H groups in total. The average Bonchev–Trinajstić information content (AvgIpc) is 3.31. The van der Waals surface area contributed by atoms with Gasteiger partial charge in [0.05, 0.1) is 25.5 Å². The lowest BCUT2D eigenvalue weighted by Gasteiger charge is -2.35. The predicted molar refractivity (Wildman–Crippen MR) is 134 cm³/mol. The normalized spacial score (nSPS) is 15.2. The Morgan fingerprint density at radius 1 is 0.971 bits per heavy atom. The lowest BCUT2D eigenvalue weighted by Crippen LogP contribution is -2.42. The van der Waals surface area contributed by atoms with Crippen molar-refractivity contribution in [2.45, 2.75) is 19.1 Å². The molecule has 1 unspecified atom stereocenters. The summed E-state index contributed by atoms with van der Waals surface area (Å²) < 4.78 is 21.1. The van der Waals surface area contributed by atoms with E-state index in [-0.39, 0.29) is 11.9 Å². The van der Waals surface area contributed by atoms with Crippen molar-refractivity contribution in [1.29, 1.82) is 0 Å². The van der Waals surface area contributed by atoms with Crippen molar-refractivity contribution in [2.75, 3.05) is 32.8 Å². The highest BCUT2D eigenvalue weighted by Gasteiger charge is 2.23. The molecule has 1 fully saturated rings. The van der Waals surface area contributed by atoms with E-state index < -0.39 is 0 Å². The van der Waals surface area contributed by atoms with Crippen LogP contribution in [0.1, 0.15) is 22.7 Å². The smallest absolute Gasteiger partial charge is 0.123 e. The van der Waals surface area contributed by atoms with Crippen LogP contribution in [0.15, 0.2) is 85.3 Å². The van der Waals surface area contributed by atoms with Gasteiger partial charge < -0.3 is 10.1 Å². The third kappa shape index (κ3) is 6.00. The second-order valence-electron chi connectivity index (χ2n) is 8.77. The highest BCUT2D eigenvalue weighted by molar-refractivity contribution is 5.61. The van der Waals surface area contributed by atoms with Crippen molar-refractivity contribution in [3.8, 4) is 11.3 Å². The molecule has 4 aromatic rings. The van der Waals surface area contributed by atoms with Gasteiger partial charge in [-0.1, -0.05) is 42.5 Å². The Morgan fingerprint density at radius 3 is 2.51 bits per heavy atom. The van der Waals surface area contributed by atoms with Gasteiger partial charge in [-0.2, -0.15) is 5.10 Å².